The van der Waals surface area contributed by atoms with Gasteiger partial charge in [-0.15, -0.1) is 0 Å². The average molecular weight is 281 g/mol. The lowest BCUT2D eigenvalue weighted by atomic mass is 9.93. The van der Waals surface area contributed by atoms with Crippen molar-refractivity contribution in [3.8, 4) is 6.07 Å². The number of benzene rings is 1. The van der Waals surface area contributed by atoms with E-state index < -0.39 is 23.8 Å². The molecule has 1 aliphatic heterocycles. The SMILES string of the molecule is N#CCN(C(=O)O)C1CNCC1c1ccc(F)c(F)c1. The predicted molar refractivity (Wildman–Crippen MR) is 66.1 cm³/mol. The van der Waals surface area contributed by atoms with Crippen LogP contribution < -0.4 is 5.32 Å². The van der Waals surface area contributed by atoms with Gasteiger partial charge in [-0.1, -0.05) is 6.07 Å². The Morgan fingerprint density at radius 1 is 1.45 bits per heavy atom. The van der Waals surface area contributed by atoms with E-state index in [1.165, 1.54) is 6.07 Å². The second-order valence-electron chi connectivity index (χ2n) is 4.57. The van der Waals surface area contributed by atoms with Crippen molar-refractivity contribution in [1.29, 1.82) is 5.26 Å². The summed E-state index contributed by atoms with van der Waals surface area (Å²) in [5, 5.41) is 20.9. The Balaban J connectivity index is 2.28. The first kappa shape index (κ1) is 14.2. The molecular formula is C13H13F2N3O2. The van der Waals surface area contributed by atoms with Gasteiger partial charge in [-0.2, -0.15) is 5.26 Å². The van der Waals surface area contributed by atoms with Gasteiger partial charge < -0.3 is 10.4 Å². The maximum Gasteiger partial charge on any atom is 0.408 e. The molecule has 5 nitrogen and oxygen atoms in total. The lowest BCUT2D eigenvalue weighted by Crippen LogP contribution is -2.43. The van der Waals surface area contributed by atoms with E-state index in [2.05, 4.69) is 5.32 Å². The molecule has 2 N–H and O–H groups in total. The number of halogens is 2. The van der Waals surface area contributed by atoms with E-state index in [1.54, 1.807) is 6.07 Å². The first-order valence-corrected chi connectivity index (χ1v) is 6.06. The quantitative estimate of drug-likeness (QED) is 0.824. The fourth-order valence-corrected chi connectivity index (χ4v) is 2.48. The van der Waals surface area contributed by atoms with E-state index in [0.29, 0.717) is 18.7 Å². The summed E-state index contributed by atoms with van der Waals surface area (Å²) in [7, 11) is 0. The third-order valence-electron chi connectivity index (χ3n) is 3.44. The van der Waals surface area contributed by atoms with Crippen LogP contribution in [0.4, 0.5) is 13.6 Å². The van der Waals surface area contributed by atoms with Crippen LogP contribution in [0.2, 0.25) is 0 Å². The normalized spacial score (nSPS) is 21.4. The maximum absolute atomic E-state index is 13.3. The van der Waals surface area contributed by atoms with E-state index >= 15 is 0 Å². The molecule has 2 rings (SSSR count). The summed E-state index contributed by atoms with van der Waals surface area (Å²) in [6, 6.07) is 4.87. The minimum absolute atomic E-state index is 0.262. The molecule has 106 valence electrons. The van der Waals surface area contributed by atoms with E-state index in [1.807, 2.05) is 0 Å². The van der Waals surface area contributed by atoms with Crippen molar-refractivity contribution in [3.63, 3.8) is 0 Å². The third kappa shape index (κ3) is 2.70. The molecule has 2 atom stereocenters. The first-order valence-electron chi connectivity index (χ1n) is 6.06. The molecule has 1 heterocycles. The number of nitriles is 1. The van der Waals surface area contributed by atoms with Gasteiger partial charge in [-0.3, -0.25) is 4.90 Å². The van der Waals surface area contributed by atoms with Crippen LogP contribution in [0.1, 0.15) is 11.5 Å². The van der Waals surface area contributed by atoms with Gasteiger partial charge in [-0.25, -0.2) is 13.6 Å². The molecule has 1 aromatic rings. The Labute approximate surface area is 114 Å². The largest absolute Gasteiger partial charge is 0.465 e. The van der Waals surface area contributed by atoms with Crippen molar-refractivity contribution in [2.24, 2.45) is 0 Å². The maximum atomic E-state index is 13.3. The molecule has 1 amide bonds. The molecule has 0 radical (unpaired) electrons. The highest BCUT2D eigenvalue weighted by atomic mass is 19.2. The summed E-state index contributed by atoms with van der Waals surface area (Å²) in [5.74, 6) is -2.21. The molecule has 1 fully saturated rings. The lowest BCUT2D eigenvalue weighted by molar-refractivity contribution is 0.131. The smallest absolute Gasteiger partial charge is 0.408 e. The zero-order chi connectivity index (χ0) is 14.7. The molecule has 0 aromatic heterocycles. The Morgan fingerprint density at radius 3 is 2.80 bits per heavy atom. The Hall–Kier alpha value is -2.20. The van der Waals surface area contributed by atoms with Gasteiger partial charge in [0, 0.05) is 19.0 Å². The number of hydrogen-bond donors (Lipinski definition) is 2. The molecule has 0 aliphatic carbocycles. The van der Waals surface area contributed by atoms with Crippen molar-refractivity contribution >= 4 is 6.09 Å². The number of amides is 1. The molecule has 0 saturated carbocycles. The van der Waals surface area contributed by atoms with Crippen molar-refractivity contribution in [1.82, 2.24) is 10.2 Å². The summed E-state index contributed by atoms with van der Waals surface area (Å²) in [5.41, 5.74) is 0.517. The molecule has 7 heteroatoms. The van der Waals surface area contributed by atoms with E-state index in [9.17, 15) is 13.6 Å². The van der Waals surface area contributed by atoms with Gasteiger partial charge in [0.05, 0.1) is 12.1 Å². The van der Waals surface area contributed by atoms with Crippen LogP contribution in [0, 0.1) is 23.0 Å². The Morgan fingerprint density at radius 2 is 2.20 bits per heavy atom. The van der Waals surface area contributed by atoms with Gasteiger partial charge in [-0.05, 0) is 17.7 Å². The van der Waals surface area contributed by atoms with Gasteiger partial charge in [0.25, 0.3) is 0 Å². The minimum atomic E-state index is -1.20. The average Bonchev–Trinajstić information content (AvgIpc) is 2.87. The van der Waals surface area contributed by atoms with Crippen molar-refractivity contribution in [2.75, 3.05) is 19.6 Å². The molecule has 20 heavy (non-hydrogen) atoms. The Kier molecular flexibility index (Phi) is 4.15. The molecule has 2 unspecified atom stereocenters. The van der Waals surface area contributed by atoms with Crippen molar-refractivity contribution in [2.45, 2.75) is 12.0 Å². The number of hydrogen-bond acceptors (Lipinski definition) is 3. The second kappa shape index (κ2) is 5.84. The topological polar surface area (TPSA) is 76.4 Å². The summed E-state index contributed by atoms with van der Waals surface area (Å²) in [6.45, 7) is 0.560. The van der Waals surface area contributed by atoms with Crippen LogP contribution in [0.25, 0.3) is 0 Å². The van der Waals surface area contributed by atoms with Crippen molar-refractivity contribution < 1.29 is 18.7 Å². The minimum Gasteiger partial charge on any atom is -0.465 e. The molecule has 0 spiro atoms. The zero-order valence-corrected chi connectivity index (χ0v) is 10.5. The zero-order valence-electron chi connectivity index (χ0n) is 10.5. The van der Waals surface area contributed by atoms with Crippen LogP contribution in [-0.2, 0) is 0 Å². The summed E-state index contributed by atoms with van der Waals surface area (Å²) in [6.07, 6.45) is -1.20. The number of rotatable bonds is 3. The molecule has 1 aromatic carbocycles. The monoisotopic (exact) mass is 281 g/mol. The molecule has 1 aliphatic rings. The third-order valence-corrected chi connectivity index (χ3v) is 3.44. The van der Waals surface area contributed by atoms with Crippen LogP contribution in [0.5, 0.6) is 0 Å². The predicted octanol–water partition coefficient (Wildman–Crippen LogP) is 1.52. The fraction of sp³-hybridized carbons (Fsp3) is 0.385. The van der Waals surface area contributed by atoms with Crippen LogP contribution in [0.15, 0.2) is 18.2 Å². The lowest BCUT2D eigenvalue weighted by Gasteiger charge is -2.28. The fourth-order valence-electron chi connectivity index (χ4n) is 2.48. The first-order chi connectivity index (χ1) is 9.54. The molecular weight excluding hydrogens is 268 g/mol. The number of nitrogens with zero attached hydrogens (tertiary/aromatic N) is 2. The van der Waals surface area contributed by atoms with Gasteiger partial charge >= 0.3 is 6.09 Å². The van der Waals surface area contributed by atoms with Gasteiger partial charge in [0.2, 0.25) is 0 Å². The van der Waals surface area contributed by atoms with E-state index in [4.69, 9.17) is 10.4 Å². The van der Waals surface area contributed by atoms with Crippen LogP contribution in [0.3, 0.4) is 0 Å². The number of carbonyl (C=O) groups is 1. The highest BCUT2D eigenvalue weighted by Crippen LogP contribution is 2.28. The van der Waals surface area contributed by atoms with E-state index in [0.717, 1.165) is 17.0 Å². The summed E-state index contributed by atoms with van der Waals surface area (Å²) in [4.78, 5) is 12.2. The number of carboxylic acid groups (broad SMARTS) is 1. The molecule has 1 saturated heterocycles. The Bertz CT molecular complexity index is 559. The standard InChI is InChI=1S/C13H13F2N3O2/c14-10-2-1-8(5-11(10)15)9-6-17-7-12(9)18(4-3-16)13(19)20/h1-2,5,9,12,17H,4,6-7H2,(H,19,20). The van der Waals surface area contributed by atoms with Gasteiger partial charge in [0.15, 0.2) is 11.6 Å². The summed E-state index contributed by atoms with van der Waals surface area (Å²) < 4.78 is 26.2. The molecule has 0 bridgehead atoms. The van der Waals surface area contributed by atoms with E-state index in [-0.39, 0.29) is 12.5 Å². The number of nitrogens with one attached hydrogen (secondary N) is 1. The van der Waals surface area contributed by atoms with Crippen LogP contribution in [-0.4, -0.2) is 41.8 Å². The van der Waals surface area contributed by atoms with Crippen molar-refractivity contribution in [3.05, 3.63) is 35.4 Å². The second-order valence-corrected chi connectivity index (χ2v) is 4.57. The van der Waals surface area contributed by atoms with Gasteiger partial charge in [0.1, 0.15) is 6.54 Å². The summed E-state index contributed by atoms with van der Waals surface area (Å²) >= 11 is 0. The highest BCUT2D eigenvalue weighted by Gasteiger charge is 2.35. The van der Waals surface area contributed by atoms with Crippen LogP contribution >= 0.6 is 0 Å². The highest BCUT2D eigenvalue weighted by molar-refractivity contribution is 5.66.